The maximum absolute atomic E-state index is 12.8. The number of alkyl carbamates (subject to hydrolysis) is 1. The first-order chi connectivity index (χ1) is 19.3. The Hall–Kier alpha value is -3.68. The first-order valence-corrected chi connectivity index (χ1v) is 15.9. The molecule has 0 spiro atoms. The fraction of sp³-hybridized carbons (Fsp3) is 0.353. The normalized spacial score (nSPS) is 14.2. The fourth-order valence-electron chi connectivity index (χ4n) is 5.31. The van der Waals surface area contributed by atoms with E-state index in [1.54, 1.807) is 20.8 Å². The van der Waals surface area contributed by atoms with Crippen LogP contribution in [-0.4, -0.2) is 43.7 Å². The molecule has 1 amide bonds. The minimum atomic E-state index is -2.90. The van der Waals surface area contributed by atoms with Gasteiger partial charge in [0.15, 0.2) is 0 Å². The highest BCUT2D eigenvalue weighted by Crippen LogP contribution is 2.38. The zero-order valence-electron chi connectivity index (χ0n) is 25.2. The van der Waals surface area contributed by atoms with Crippen LogP contribution in [0, 0.1) is 0 Å². The van der Waals surface area contributed by atoms with Crippen LogP contribution in [0.15, 0.2) is 103 Å². The molecule has 0 saturated heterocycles. The molecule has 0 aromatic heterocycles. The molecule has 0 unspecified atom stereocenters. The molecule has 3 aromatic carbocycles. The number of carbonyl (C=O) groups is 2. The molecule has 0 fully saturated rings. The number of nitrogens with one attached hydrogen (secondary N) is 1. The number of amides is 1. The van der Waals surface area contributed by atoms with Crippen molar-refractivity contribution in [3.05, 3.63) is 108 Å². The van der Waals surface area contributed by atoms with Crippen LogP contribution < -0.4 is 15.7 Å². The third-order valence-corrected chi connectivity index (χ3v) is 12.1. The summed E-state index contributed by atoms with van der Waals surface area (Å²) in [5.41, 5.74) is 0.744. The standard InChI is InChI=1S/C34H43NO5Si/c1-8-25(29(26-18-12-9-13-19-26)30(31(36)37)35-32(38)40-33(2,3)4)24-39-41(34(5,6)7,27-20-14-10-15-21-27)28-22-16-11-17-23-28/h8-23,29-30H,24H2,1-7H3,(H,35,38)(H,36,37)/b25-8+/t29-,30-/m0/s1. The van der Waals surface area contributed by atoms with Crippen LogP contribution in [0.25, 0.3) is 0 Å². The van der Waals surface area contributed by atoms with Crippen LogP contribution in [0.1, 0.15) is 59.9 Å². The molecule has 0 radical (unpaired) electrons. The lowest BCUT2D eigenvalue weighted by molar-refractivity contribution is -0.139. The third-order valence-electron chi connectivity index (χ3n) is 7.07. The van der Waals surface area contributed by atoms with Gasteiger partial charge in [-0.05, 0) is 54.2 Å². The average Bonchev–Trinajstić information content (AvgIpc) is 2.91. The Kier molecular flexibility index (Phi) is 10.3. The van der Waals surface area contributed by atoms with Crippen LogP contribution in [0.4, 0.5) is 4.79 Å². The molecular formula is C34H43NO5Si. The van der Waals surface area contributed by atoms with Gasteiger partial charge in [-0.15, -0.1) is 0 Å². The number of rotatable bonds is 10. The van der Waals surface area contributed by atoms with Gasteiger partial charge < -0.3 is 19.6 Å². The van der Waals surface area contributed by atoms with E-state index < -0.39 is 37.9 Å². The quantitative estimate of drug-likeness (QED) is 0.221. The Morgan fingerprint density at radius 3 is 1.68 bits per heavy atom. The molecule has 218 valence electrons. The lowest BCUT2D eigenvalue weighted by atomic mass is 9.84. The Morgan fingerprint density at radius 1 is 0.829 bits per heavy atom. The zero-order chi connectivity index (χ0) is 30.3. The van der Waals surface area contributed by atoms with Crippen molar-refractivity contribution in [1.29, 1.82) is 0 Å². The van der Waals surface area contributed by atoms with E-state index in [9.17, 15) is 14.7 Å². The maximum Gasteiger partial charge on any atom is 0.408 e. The number of hydrogen-bond acceptors (Lipinski definition) is 4. The minimum absolute atomic E-state index is 0.184. The highest BCUT2D eigenvalue weighted by atomic mass is 28.4. The van der Waals surface area contributed by atoms with E-state index in [1.807, 2.05) is 79.7 Å². The fourth-order valence-corrected chi connectivity index (χ4v) is 9.85. The Labute approximate surface area is 245 Å². The third kappa shape index (κ3) is 7.74. The van der Waals surface area contributed by atoms with Crippen molar-refractivity contribution >= 4 is 30.8 Å². The maximum atomic E-state index is 12.8. The summed E-state index contributed by atoms with van der Waals surface area (Å²) >= 11 is 0. The molecular weight excluding hydrogens is 530 g/mol. The van der Waals surface area contributed by atoms with Crippen molar-refractivity contribution < 1.29 is 23.9 Å². The average molecular weight is 574 g/mol. The van der Waals surface area contributed by atoms with Gasteiger partial charge >= 0.3 is 12.1 Å². The zero-order valence-corrected chi connectivity index (χ0v) is 26.2. The summed E-state index contributed by atoms with van der Waals surface area (Å²) in [4.78, 5) is 25.5. The molecule has 2 atom stereocenters. The Bertz CT molecular complexity index is 1270. The molecule has 7 heteroatoms. The summed E-state index contributed by atoms with van der Waals surface area (Å²) in [5.74, 6) is -1.85. The molecule has 0 aliphatic rings. The molecule has 3 rings (SSSR count). The summed E-state index contributed by atoms with van der Waals surface area (Å²) in [7, 11) is -2.90. The van der Waals surface area contributed by atoms with Gasteiger partial charge in [-0.2, -0.15) is 0 Å². The SMILES string of the molecule is C/C=C(\CO[Si](c1ccccc1)(c1ccccc1)C(C)(C)C)[C@@H](c1ccccc1)[C@H](NC(=O)OC(C)(C)C)C(=O)O. The summed E-state index contributed by atoms with van der Waals surface area (Å²) in [6.45, 7) is 13.9. The Balaban J connectivity index is 2.11. The van der Waals surface area contributed by atoms with Gasteiger partial charge in [0.1, 0.15) is 11.6 Å². The summed E-state index contributed by atoms with van der Waals surface area (Å²) in [5, 5.41) is 15.0. The first kappa shape index (κ1) is 31.8. The van der Waals surface area contributed by atoms with Crippen molar-refractivity contribution in [1.82, 2.24) is 5.32 Å². The van der Waals surface area contributed by atoms with Gasteiger partial charge in [-0.25, -0.2) is 9.59 Å². The van der Waals surface area contributed by atoms with Crippen LogP contribution in [-0.2, 0) is 14.0 Å². The second-order valence-electron chi connectivity index (χ2n) is 12.2. The summed E-state index contributed by atoms with van der Waals surface area (Å²) in [6, 6.07) is 28.7. The van der Waals surface area contributed by atoms with Crippen molar-refractivity contribution in [2.75, 3.05) is 6.61 Å². The van der Waals surface area contributed by atoms with Crippen LogP contribution in [0.3, 0.4) is 0 Å². The number of hydrogen-bond donors (Lipinski definition) is 2. The number of ether oxygens (including phenoxy) is 1. The van der Waals surface area contributed by atoms with Gasteiger partial charge in [0.05, 0.1) is 6.61 Å². The summed E-state index contributed by atoms with van der Waals surface area (Å²) < 4.78 is 12.6. The molecule has 41 heavy (non-hydrogen) atoms. The minimum Gasteiger partial charge on any atom is -0.480 e. The molecule has 0 saturated carbocycles. The molecule has 3 aromatic rings. The second-order valence-corrected chi connectivity index (χ2v) is 16.5. The van der Waals surface area contributed by atoms with Crippen LogP contribution in [0.5, 0.6) is 0 Å². The molecule has 6 nitrogen and oxygen atoms in total. The monoisotopic (exact) mass is 573 g/mol. The Morgan fingerprint density at radius 2 is 1.29 bits per heavy atom. The highest BCUT2D eigenvalue weighted by Gasteiger charge is 2.50. The van der Waals surface area contributed by atoms with E-state index in [0.29, 0.717) is 0 Å². The van der Waals surface area contributed by atoms with Crippen LogP contribution in [0.2, 0.25) is 5.04 Å². The smallest absolute Gasteiger partial charge is 0.408 e. The van der Waals surface area contributed by atoms with Crippen molar-refractivity contribution in [3.8, 4) is 0 Å². The van der Waals surface area contributed by atoms with Crippen molar-refractivity contribution in [2.45, 2.75) is 71.1 Å². The molecule has 0 heterocycles. The van der Waals surface area contributed by atoms with E-state index in [0.717, 1.165) is 21.5 Å². The predicted molar refractivity (Wildman–Crippen MR) is 167 cm³/mol. The lowest BCUT2D eigenvalue weighted by Crippen LogP contribution is -2.66. The number of carboxylic acid groups (broad SMARTS) is 1. The topological polar surface area (TPSA) is 84.9 Å². The number of aliphatic carboxylic acids is 1. The van der Waals surface area contributed by atoms with E-state index >= 15 is 0 Å². The number of benzene rings is 3. The molecule has 0 bridgehead atoms. The highest BCUT2D eigenvalue weighted by molar-refractivity contribution is 6.99. The van der Waals surface area contributed by atoms with E-state index in [2.05, 4.69) is 50.4 Å². The first-order valence-electron chi connectivity index (χ1n) is 14.0. The van der Waals surface area contributed by atoms with Gasteiger partial charge in [0.25, 0.3) is 8.32 Å². The number of carboxylic acids is 1. The number of allylic oxidation sites excluding steroid dienone is 1. The van der Waals surface area contributed by atoms with E-state index in [-0.39, 0.29) is 11.6 Å². The van der Waals surface area contributed by atoms with E-state index in [4.69, 9.17) is 9.16 Å². The predicted octanol–water partition coefficient (Wildman–Crippen LogP) is 6.27. The van der Waals surface area contributed by atoms with Gasteiger partial charge in [0, 0.05) is 5.92 Å². The lowest BCUT2D eigenvalue weighted by Gasteiger charge is -2.43. The summed E-state index contributed by atoms with van der Waals surface area (Å²) in [6.07, 6.45) is 1.12. The van der Waals surface area contributed by atoms with Gasteiger partial charge in [-0.1, -0.05) is 118 Å². The number of carbonyl (C=O) groups excluding carboxylic acids is 1. The molecule has 0 aliphatic heterocycles. The van der Waals surface area contributed by atoms with Crippen LogP contribution >= 0.6 is 0 Å². The van der Waals surface area contributed by atoms with E-state index in [1.165, 1.54) is 0 Å². The molecule has 0 aliphatic carbocycles. The van der Waals surface area contributed by atoms with Crippen molar-refractivity contribution in [3.63, 3.8) is 0 Å². The van der Waals surface area contributed by atoms with Crippen molar-refractivity contribution in [2.24, 2.45) is 0 Å². The molecule has 2 N–H and O–H groups in total. The van der Waals surface area contributed by atoms with Gasteiger partial charge in [0.2, 0.25) is 0 Å². The second kappa shape index (κ2) is 13.3. The van der Waals surface area contributed by atoms with Gasteiger partial charge in [-0.3, -0.25) is 0 Å². The largest absolute Gasteiger partial charge is 0.480 e.